The van der Waals surface area contributed by atoms with Crippen LogP contribution >= 0.6 is 0 Å². The second kappa shape index (κ2) is 6.65. The van der Waals surface area contributed by atoms with Gasteiger partial charge in [-0.15, -0.1) is 0 Å². The van der Waals surface area contributed by atoms with Crippen LogP contribution in [0.15, 0.2) is 18.2 Å². The van der Waals surface area contributed by atoms with Gasteiger partial charge in [-0.05, 0) is 37.6 Å². The predicted octanol–water partition coefficient (Wildman–Crippen LogP) is 2.61. The number of rotatable bonds is 3. The number of nitrogens with zero attached hydrogens (tertiary/aromatic N) is 2. The normalized spacial score (nSPS) is 17.1. The van der Waals surface area contributed by atoms with Crippen molar-refractivity contribution < 1.29 is 19.0 Å². The fraction of sp³-hybridized carbons (Fsp3) is 0.444. The quantitative estimate of drug-likeness (QED) is 0.810. The molecule has 1 aromatic carbocycles. The van der Waals surface area contributed by atoms with E-state index in [2.05, 4.69) is 9.55 Å². The number of ether oxygens (including phenoxy) is 3. The molecule has 1 unspecified atom stereocenters. The Bertz CT molecular complexity index is 767. The van der Waals surface area contributed by atoms with Crippen LogP contribution in [-0.2, 0) is 22.4 Å². The van der Waals surface area contributed by atoms with E-state index in [9.17, 15) is 4.79 Å². The van der Waals surface area contributed by atoms with Crippen LogP contribution in [0.5, 0.6) is 5.75 Å². The van der Waals surface area contributed by atoms with Crippen LogP contribution in [0.1, 0.15) is 28.7 Å². The molecule has 1 atom stereocenters. The maximum Gasteiger partial charge on any atom is 0.358 e. The number of hydrogen-bond acceptors (Lipinski definition) is 5. The Morgan fingerprint density at radius 3 is 2.83 bits per heavy atom. The van der Waals surface area contributed by atoms with E-state index >= 15 is 0 Å². The molecular formula is C18H22N2O4. The molecule has 1 aromatic heterocycles. The summed E-state index contributed by atoms with van der Waals surface area (Å²) in [6.45, 7) is 5.23. The maximum atomic E-state index is 12.1. The largest absolute Gasteiger partial charge is 0.496 e. The van der Waals surface area contributed by atoms with Gasteiger partial charge in [0.15, 0.2) is 5.69 Å². The molecule has 3 rings (SSSR count). The number of imidazole rings is 1. The summed E-state index contributed by atoms with van der Waals surface area (Å²) in [6, 6.07) is 5.89. The van der Waals surface area contributed by atoms with Gasteiger partial charge in [0.25, 0.3) is 0 Å². The van der Waals surface area contributed by atoms with Crippen LogP contribution in [-0.4, -0.2) is 42.5 Å². The number of esters is 1. The summed E-state index contributed by atoms with van der Waals surface area (Å²) < 4.78 is 18.0. The molecule has 2 heterocycles. The molecule has 6 nitrogen and oxygen atoms in total. The van der Waals surface area contributed by atoms with Crippen LogP contribution in [0.2, 0.25) is 0 Å². The van der Waals surface area contributed by atoms with E-state index in [0.717, 1.165) is 28.4 Å². The first-order chi connectivity index (χ1) is 11.5. The fourth-order valence-electron chi connectivity index (χ4n) is 3.10. The molecule has 1 aliphatic rings. The number of benzene rings is 1. The van der Waals surface area contributed by atoms with Gasteiger partial charge in [0, 0.05) is 12.0 Å². The molecule has 0 radical (unpaired) electrons. The first kappa shape index (κ1) is 16.5. The SMILES string of the molecule is COC(=O)c1nc(-c2ccc(OC)c(C)c2)n2c1CCOC(C)C2. The zero-order chi connectivity index (χ0) is 17.3. The Morgan fingerprint density at radius 1 is 1.38 bits per heavy atom. The summed E-state index contributed by atoms with van der Waals surface area (Å²) in [7, 11) is 3.03. The Balaban J connectivity index is 2.15. The highest BCUT2D eigenvalue weighted by Gasteiger charge is 2.26. The van der Waals surface area contributed by atoms with E-state index < -0.39 is 5.97 Å². The van der Waals surface area contributed by atoms with Crippen molar-refractivity contribution in [2.24, 2.45) is 0 Å². The van der Waals surface area contributed by atoms with Crippen LogP contribution in [0.4, 0.5) is 0 Å². The van der Waals surface area contributed by atoms with Crippen molar-refractivity contribution in [3.8, 4) is 17.1 Å². The summed E-state index contributed by atoms with van der Waals surface area (Å²) in [4.78, 5) is 16.7. The van der Waals surface area contributed by atoms with E-state index in [4.69, 9.17) is 14.2 Å². The van der Waals surface area contributed by atoms with Crippen molar-refractivity contribution in [3.05, 3.63) is 35.2 Å². The van der Waals surface area contributed by atoms with Gasteiger partial charge in [-0.3, -0.25) is 0 Å². The third-order valence-electron chi connectivity index (χ3n) is 4.29. The average Bonchev–Trinajstić information content (AvgIpc) is 2.81. The number of aromatic nitrogens is 2. The highest BCUT2D eigenvalue weighted by molar-refractivity contribution is 5.89. The van der Waals surface area contributed by atoms with Crippen LogP contribution in [0.3, 0.4) is 0 Å². The fourth-order valence-corrected chi connectivity index (χ4v) is 3.10. The molecule has 2 aromatic rings. The first-order valence-electron chi connectivity index (χ1n) is 7.99. The molecule has 6 heteroatoms. The predicted molar refractivity (Wildman–Crippen MR) is 89.4 cm³/mol. The minimum absolute atomic E-state index is 0.0593. The van der Waals surface area contributed by atoms with Gasteiger partial charge in [0.1, 0.15) is 11.6 Å². The maximum absolute atomic E-state index is 12.1. The van der Waals surface area contributed by atoms with E-state index in [1.54, 1.807) is 7.11 Å². The van der Waals surface area contributed by atoms with Crippen molar-refractivity contribution in [1.82, 2.24) is 9.55 Å². The lowest BCUT2D eigenvalue weighted by Crippen LogP contribution is -2.15. The van der Waals surface area contributed by atoms with Crippen molar-refractivity contribution in [1.29, 1.82) is 0 Å². The standard InChI is InChI=1S/C18H22N2O4/c1-11-9-13(5-6-15(11)22-3)17-19-16(18(21)23-4)14-7-8-24-12(2)10-20(14)17/h5-6,9,12H,7-8,10H2,1-4H3. The number of methoxy groups -OCH3 is 2. The summed E-state index contributed by atoms with van der Waals surface area (Å²) in [5, 5.41) is 0. The van der Waals surface area contributed by atoms with Crippen LogP contribution < -0.4 is 4.74 Å². The van der Waals surface area contributed by atoms with Gasteiger partial charge >= 0.3 is 5.97 Å². The van der Waals surface area contributed by atoms with Gasteiger partial charge in [-0.1, -0.05) is 0 Å². The first-order valence-corrected chi connectivity index (χ1v) is 7.99. The summed E-state index contributed by atoms with van der Waals surface area (Å²) in [6.07, 6.45) is 0.695. The minimum atomic E-state index is -0.412. The van der Waals surface area contributed by atoms with Gasteiger partial charge in [0.2, 0.25) is 0 Å². The molecule has 24 heavy (non-hydrogen) atoms. The summed E-state index contributed by atoms with van der Waals surface area (Å²) in [5.41, 5.74) is 3.21. The number of hydrogen-bond donors (Lipinski definition) is 0. The second-order valence-electron chi connectivity index (χ2n) is 5.95. The number of fused-ring (bicyclic) bond motifs is 1. The minimum Gasteiger partial charge on any atom is -0.496 e. The lowest BCUT2D eigenvalue weighted by atomic mass is 10.1. The molecular weight excluding hydrogens is 308 g/mol. The molecule has 0 aliphatic carbocycles. The van der Waals surface area contributed by atoms with E-state index in [1.165, 1.54) is 7.11 Å². The molecule has 0 N–H and O–H groups in total. The Hall–Kier alpha value is -2.34. The Kier molecular flexibility index (Phi) is 4.57. The molecule has 128 valence electrons. The van der Waals surface area contributed by atoms with Gasteiger partial charge in [0.05, 0.1) is 39.2 Å². The number of carbonyl (C=O) groups excluding carboxylic acids is 1. The summed E-state index contributed by atoms with van der Waals surface area (Å²) in [5.74, 6) is 1.17. The highest BCUT2D eigenvalue weighted by Crippen LogP contribution is 2.29. The molecule has 0 bridgehead atoms. The third-order valence-corrected chi connectivity index (χ3v) is 4.29. The lowest BCUT2D eigenvalue weighted by Gasteiger charge is -2.13. The lowest BCUT2D eigenvalue weighted by molar-refractivity contribution is 0.0591. The second-order valence-corrected chi connectivity index (χ2v) is 5.95. The third kappa shape index (κ3) is 2.89. The van der Waals surface area contributed by atoms with Crippen molar-refractivity contribution in [2.75, 3.05) is 20.8 Å². The van der Waals surface area contributed by atoms with Crippen molar-refractivity contribution in [2.45, 2.75) is 32.9 Å². The number of carbonyl (C=O) groups is 1. The highest BCUT2D eigenvalue weighted by atomic mass is 16.5. The average molecular weight is 330 g/mol. The van der Waals surface area contributed by atoms with Crippen LogP contribution in [0.25, 0.3) is 11.4 Å². The number of aryl methyl sites for hydroxylation is 1. The zero-order valence-electron chi connectivity index (χ0n) is 14.5. The Labute approximate surface area is 141 Å². The molecule has 0 fully saturated rings. The van der Waals surface area contributed by atoms with Gasteiger partial charge in [-0.2, -0.15) is 0 Å². The van der Waals surface area contributed by atoms with Crippen molar-refractivity contribution >= 4 is 5.97 Å². The van der Waals surface area contributed by atoms with Gasteiger partial charge < -0.3 is 18.8 Å². The monoisotopic (exact) mass is 330 g/mol. The van der Waals surface area contributed by atoms with Gasteiger partial charge in [-0.25, -0.2) is 9.78 Å². The zero-order valence-corrected chi connectivity index (χ0v) is 14.5. The molecule has 0 amide bonds. The van der Waals surface area contributed by atoms with E-state index in [0.29, 0.717) is 25.3 Å². The Morgan fingerprint density at radius 2 is 2.17 bits per heavy atom. The van der Waals surface area contributed by atoms with Crippen molar-refractivity contribution in [3.63, 3.8) is 0 Å². The molecule has 1 aliphatic heterocycles. The topological polar surface area (TPSA) is 62.6 Å². The molecule has 0 saturated heterocycles. The molecule has 0 saturated carbocycles. The van der Waals surface area contributed by atoms with E-state index in [1.807, 2.05) is 32.0 Å². The van der Waals surface area contributed by atoms with E-state index in [-0.39, 0.29) is 6.10 Å². The smallest absolute Gasteiger partial charge is 0.358 e. The summed E-state index contributed by atoms with van der Waals surface area (Å²) >= 11 is 0. The molecule has 0 spiro atoms. The van der Waals surface area contributed by atoms with Crippen LogP contribution in [0, 0.1) is 6.92 Å².